The molecule has 0 atom stereocenters. The minimum atomic E-state index is -0.830. The molecular formula is C16H11ClN4O3S. The van der Waals surface area contributed by atoms with Gasteiger partial charge in [-0.1, -0.05) is 29.4 Å². The molecule has 3 rings (SSSR count). The molecule has 0 bridgehead atoms. The summed E-state index contributed by atoms with van der Waals surface area (Å²) in [7, 11) is 0. The van der Waals surface area contributed by atoms with E-state index in [2.05, 4.69) is 15.3 Å². The van der Waals surface area contributed by atoms with E-state index in [1.165, 1.54) is 36.3 Å². The molecule has 1 aromatic heterocycles. The molecule has 1 saturated heterocycles. The maximum absolute atomic E-state index is 12.7. The molecule has 1 aromatic carbocycles. The second-order valence-corrected chi connectivity index (χ2v) is 6.15. The van der Waals surface area contributed by atoms with Crippen molar-refractivity contribution in [3.05, 3.63) is 52.8 Å². The largest absolute Gasteiger partial charge is 0.335 e. The summed E-state index contributed by atoms with van der Waals surface area (Å²) in [6.45, 7) is 0. The molecule has 9 heteroatoms. The van der Waals surface area contributed by atoms with Crippen LogP contribution in [0.1, 0.15) is 5.56 Å². The number of rotatable bonds is 3. The number of carbonyl (C=O) groups excluding carboxylic acids is 3. The van der Waals surface area contributed by atoms with Gasteiger partial charge in [0.1, 0.15) is 5.57 Å². The summed E-state index contributed by atoms with van der Waals surface area (Å²) in [6.07, 6.45) is 6.16. The SMILES string of the molecule is CSc1ncc(C=C2C(=O)NC(=O)N(c3cccc(Cl)c3)C2=O)cn1. The Hall–Kier alpha value is -2.71. The molecule has 4 amide bonds. The number of hydrogen-bond acceptors (Lipinski definition) is 6. The lowest BCUT2D eigenvalue weighted by Gasteiger charge is -2.26. The highest BCUT2D eigenvalue weighted by Gasteiger charge is 2.36. The molecule has 2 heterocycles. The predicted molar refractivity (Wildman–Crippen MR) is 94.3 cm³/mol. The Morgan fingerprint density at radius 2 is 1.92 bits per heavy atom. The Bertz CT molecular complexity index is 899. The van der Waals surface area contributed by atoms with Gasteiger partial charge in [-0.2, -0.15) is 0 Å². The number of imide groups is 2. The fraction of sp³-hybridized carbons (Fsp3) is 0.0625. The lowest BCUT2D eigenvalue weighted by Crippen LogP contribution is -2.54. The lowest BCUT2D eigenvalue weighted by atomic mass is 10.1. The highest BCUT2D eigenvalue weighted by molar-refractivity contribution is 7.98. The van der Waals surface area contributed by atoms with Crippen LogP contribution in [0.2, 0.25) is 5.02 Å². The summed E-state index contributed by atoms with van der Waals surface area (Å²) in [5.74, 6) is -1.52. The maximum atomic E-state index is 12.7. The average molecular weight is 375 g/mol. The summed E-state index contributed by atoms with van der Waals surface area (Å²) in [4.78, 5) is 45.8. The minimum absolute atomic E-state index is 0.194. The zero-order valence-electron chi connectivity index (χ0n) is 12.9. The third-order valence-electron chi connectivity index (χ3n) is 3.31. The molecule has 1 aliphatic heterocycles. The van der Waals surface area contributed by atoms with E-state index in [1.807, 2.05) is 6.26 Å². The maximum Gasteiger partial charge on any atom is 0.335 e. The number of thioether (sulfide) groups is 1. The number of nitrogens with one attached hydrogen (secondary N) is 1. The van der Waals surface area contributed by atoms with Gasteiger partial charge in [0.25, 0.3) is 11.8 Å². The fourth-order valence-corrected chi connectivity index (χ4v) is 2.68. The minimum Gasteiger partial charge on any atom is -0.273 e. The monoisotopic (exact) mass is 374 g/mol. The highest BCUT2D eigenvalue weighted by atomic mass is 35.5. The molecule has 126 valence electrons. The molecule has 1 fully saturated rings. The summed E-state index contributed by atoms with van der Waals surface area (Å²) in [5, 5.41) is 3.07. The Labute approximate surface area is 152 Å². The van der Waals surface area contributed by atoms with Gasteiger partial charge in [-0.15, -0.1) is 0 Å². The number of carbonyl (C=O) groups is 3. The van der Waals surface area contributed by atoms with Crippen LogP contribution in [0.15, 0.2) is 47.4 Å². The van der Waals surface area contributed by atoms with Crippen LogP contribution in [-0.4, -0.2) is 34.1 Å². The molecular weight excluding hydrogens is 364 g/mol. The Morgan fingerprint density at radius 3 is 2.56 bits per heavy atom. The van der Waals surface area contributed by atoms with Gasteiger partial charge in [-0.05, 0) is 30.5 Å². The topological polar surface area (TPSA) is 92.3 Å². The van der Waals surface area contributed by atoms with Crippen LogP contribution in [0.5, 0.6) is 0 Å². The second-order valence-electron chi connectivity index (χ2n) is 4.94. The van der Waals surface area contributed by atoms with Crippen molar-refractivity contribution in [2.75, 3.05) is 11.2 Å². The van der Waals surface area contributed by atoms with Crippen molar-refractivity contribution in [2.24, 2.45) is 0 Å². The van der Waals surface area contributed by atoms with E-state index in [9.17, 15) is 14.4 Å². The van der Waals surface area contributed by atoms with Crippen molar-refractivity contribution in [3.63, 3.8) is 0 Å². The molecule has 0 spiro atoms. The van der Waals surface area contributed by atoms with Crippen molar-refractivity contribution < 1.29 is 14.4 Å². The zero-order valence-corrected chi connectivity index (χ0v) is 14.5. The number of barbiturate groups is 1. The molecule has 0 saturated carbocycles. The summed E-state index contributed by atoms with van der Waals surface area (Å²) < 4.78 is 0. The molecule has 0 unspecified atom stereocenters. The number of aromatic nitrogens is 2. The number of amides is 4. The smallest absolute Gasteiger partial charge is 0.273 e. The van der Waals surface area contributed by atoms with Crippen molar-refractivity contribution >= 4 is 53.0 Å². The van der Waals surface area contributed by atoms with Gasteiger partial charge in [-0.3, -0.25) is 14.9 Å². The molecule has 0 aliphatic carbocycles. The van der Waals surface area contributed by atoms with Gasteiger partial charge in [0.05, 0.1) is 5.69 Å². The van der Waals surface area contributed by atoms with Gasteiger partial charge in [0.2, 0.25) is 0 Å². The van der Waals surface area contributed by atoms with Gasteiger partial charge in [-0.25, -0.2) is 19.7 Å². The van der Waals surface area contributed by atoms with Crippen molar-refractivity contribution in [1.29, 1.82) is 0 Å². The Kier molecular flexibility index (Phi) is 4.82. The van der Waals surface area contributed by atoms with Gasteiger partial charge in [0.15, 0.2) is 5.16 Å². The first-order valence-corrected chi connectivity index (χ1v) is 8.63. The summed E-state index contributed by atoms with van der Waals surface area (Å²) in [5.41, 5.74) is 0.541. The van der Waals surface area contributed by atoms with Crippen LogP contribution >= 0.6 is 23.4 Å². The molecule has 1 N–H and O–H groups in total. The molecule has 1 aliphatic rings. The summed E-state index contributed by atoms with van der Waals surface area (Å²) >= 11 is 7.28. The van der Waals surface area contributed by atoms with Crippen molar-refractivity contribution in [1.82, 2.24) is 15.3 Å². The third kappa shape index (κ3) is 3.54. The lowest BCUT2D eigenvalue weighted by molar-refractivity contribution is -0.122. The van der Waals surface area contributed by atoms with E-state index in [0.29, 0.717) is 15.7 Å². The number of halogens is 1. The second kappa shape index (κ2) is 7.04. The van der Waals surface area contributed by atoms with Gasteiger partial charge in [0, 0.05) is 23.0 Å². The number of hydrogen-bond donors (Lipinski definition) is 1. The quantitative estimate of drug-likeness (QED) is 0.384. The Morgan fingerprint density at radius 1 is 1.20 bits per heavy atom. The van der Waals surface area contributed by atoms with Crippen LogP contribution in [0.25, 0.3) is 6.08 Å². The van der Waals surface area contributed by atoms with E-state index in [-0.39, 0.29) is 11.3 Å². The van der Waals surface area contributed by atoms with Crippen LogP contribution in [0, 0.1) is 0 Å². The van der Waals surface area contributed by atoms with E-state index in [4.69, 9.17) is 11.6 Å². The van der Waals surface area contributed by atoms with Gasteiger partial charge >= 0.3 is 6.03 Å². The van der Waals surface area contributed by atoms with Crippen LogP contribution in [0.4, 0.5) is 10.5 Å². The third-order valence-corrected chi connectivity index (χ3v) is 4.12. The zero-order chi connectivity index (χ0) is 18.0. The predicted octanol–water partition coefficient (Wildman–Crippen LogP) is 2.52. The summed E-state index contributed by atoms with van der Waals surface area (Å²) in [6, 6.07) is 5.40. The number of anilines is 1. The molecule has 0 radical (unpaired) electrons. The van der Waals surface area contributed by atoms with Crippen LogP contribution < -0.4 is 10.2 Å². The standard InChI is InChI=1S/C16H11ClN4O3S/c1-25-15-18-7-9(8-19-15)5-12-13(22)20-16(24)21(14(12)23)11-4-2-3-10(17)6-11/h2-8H,1H3,(H,20,22,24). The fourth-order valence-electron chi connectivity index (χ4n) is 2.18. The molecule has 7 nitrogen and oxygen atoms in total. The highest BCUT2D eigenvalue weighted by Crippen LogP contribution is 2.24. The first-order valence-electron chi connectivity index (χ1n) is 7.02. The van der Waals surface area contributed by atoms with E-state index in [1.54, 1.807) is 18.2 Å². The number of nitrogens with zero attached hydrogens (tertiary/aromatic N) is 3. The van der Waals surface area contributed by atoms with Crippen LogP contribution in [-0.2, 0) is 9.59 Å². The molecule has 25 heavy (non-hydrogen) atoms. The number of benzene rings is 1. The van der Waals surface area contributed by atoms with Crippen LogP contribution in [0.3, 0.4) is 0 Å². The van der Waals surface area contributed by atoms with Crippen molar-refractivity contribution in [3.8, 4) is 0 Å². The molecule has 2 aromatic rings. The van der Waals surface area contributed by atoms with Gasteiger partial charge < -0.3 is 0 Å². The first-order chi connectivity index (χ1) is 12.0. The van der Waals surface area contributed by atoms with Crippen molar-refractivity contribution in [2.45, 2.75) is 5.16 Å². The average Bonchev–Trinajstić information content (AvgIpc) is 2.59. The first kappa shape index (κ1) is 17.1. The Balaban J connectivity index is 1.98. The van der Waals surface area contributed by atoms with E-state index < -0.39 is 17.8 Å². The van der Waals surface area contributed by atoms with E-state index >= 15 is 0 Å². The van der Waals surface area contributed by atoms with E-state index in [0.717, 1.165) is 4.90 Å². The number of urea groups is 1. The normalized spacial score (nSPS) is 16.3.